The summed E-state index contributed by atoms with van der Waals surface area (Å²) in [4.78, 5) is 30.5. The van der Waals surface area contributed by atoms with E-state index in [-0.39, 0.29) is 18.3 Å². The second kappa shape index (κ2) is 13.3. The summed E-state index contributed by atoms with van der Waals surface area (Å²) in [6.07, 6.45) is -0.235. The number of carbonyl (C=O) groups is 2. The third-order valence-corrected chi connectivity index (χ3v) is 6.00. The summed E-state index contributed by atoms with van der Waals surface area (Å²) in [5, 5.41) is 13.6. The molecule has 0 fully saturated rings. The Balaban J connectivity index is 1.47. The number of hydrogen-bond acceptors (Lipinski definition) is 8. The van der Waals surface area contributed by atoms with E-state index in [9.17, 15) is 14.7 Å². The van der Waals surface area contributed by atoms with Crippen LogP contribution in [0.3, 0.4) is 0 Å². The van der Waals surface area contributed by atoms with Crippen molar-refractivity contribution < 1.29 is 33.4 Å². The number of aliphatic carboxylic acids is 1. The lowest BCUT2D eigenvalue weighted by Crippen LogP contribution is -2.41. The molecule has 0 saturated carbocycles. The molecule has 0 unspecified atom stereocenters. The molecule has 0 aliphatic rings. The second-order valence-electron chi connectivity index (χ2n) is 9.45. The van der Waals surface area contributed by atoms with Crippen molar-refractivity contribution in [1.82, 2.24) is 15.0 Å². The first kappa shape index (κ1) is 28.2. The van der Waals surface area contributed by atoms with Crippen molar-refractivity contribution in [2.45, 2.75) is 32.9 Å². The van der Waals surface area contributed by atoms with Gasteiger partial charge in [-0.15, -0.1) is 0 Å². The van der Waals surface area contributed by atoms with E-state index in [1.807, 2.05) is 56.3 Å². The van der Waals surface area contributed by atoms with Crippen LogP contribution in [0.2, 0.25) is 0 Å². The van der Waals surface area contributed by atoms with Crippen LogP contribution in [-0.2, 0) is 11.4 Å². The fraction of sp³-hybridized carbons (Fsp3) is 0.267. The number of amides is 1. The molecular formula is C30H31N3O7. The highest BCUT2D eigenvalue weighted by atomic mass is 16.6. The summed E-state index contributed by atoms with van der Waals surface area (Å²) >= 11 is 0. The fourth-order valence-electron chi connectivity index (χ4n) is 4.09. The van der Waals surface area contributed by atoms with Crippen LogP contribution in [0.15, 0.2) is 83.4 Å². The Kier molecular flexibility index (Phi) is 9.35. The molecule has 0 aliphatic heterocycles. The summed E-state index contributed by atoms with van der Waals surface area (Å²) in [7, 11) is 1.54. The van der Waals surface area contributed by atoms with E-state index in [1.54, 1.807) is 36.4 Å². The zero-order valence-corrected chi connectivity index (χ0v) is 22.5. The smallest absolute Gasteiger partial charge is 0.416 e. The maximum Gasteiger partial charge on any atom is 0.416 e. The summed E-state index contributed by atoms with van der Waals surface area (Å²) in [6.45, 7) is 3.59. The predicted octanol–water partition coefficient (Wildman–Crippen LogP) is 6.00. The van der Waals surface area contributed by atoms with Crippen molar-refractivity contribution in [3.63, 3.8) is 0 Å². The molecule has 3 aromatic carbocycles. The minimum absolute atomic E-state index is 0.102. The van der Waals surface area contributed by atoms with Gasteiger partial charge in [-0.05, 0) is 66.4 Å². The van der Waals surface area contributed by atoms with Crippen molar-refractivity contribution in [2.75, 3.05) is 13.7 Å². The quantitative estimate of drug-likeness (QED) is 0.228. The van der Waals surface area contributed by atoms with Gasteiger partial charge in [0.1, 0.15) is 23.8 Å². The Labute approximate surface area is 232 Å². The van der Waals surface area contributed by atoms with E-state index in [4.69, 9.17) is 18.7 Å². The molecule has 1 amide bonds. The number of aromatic nitrogens is 2. The Bertz CT molecular complexity index is 1390. The first-order chi connectivity index (χ1) is 19.3. The van der Waals surface area contributed by atoms with Crippen LogP contribution in [0.4, 0.5) is 4.79 Å². The number of methoxy groups -OCH3 is 1. The number of hydrogen-bond donors (Lipinski definition) is 1. The van der Waals surface area contributed by atoms with Crippen LogP contribution in [0.25, 0.3) is 11.5 Å². The number of ether oxygens (including phenoxy) is 3. The number of benzene rings is 3. The standard InChI is InChI=1S/C30H31N3O7/c1-20(2)17-26(33(18-28(34)35)30(36)39-25-15-13-23(37-3)14-16-25)21-9-11-24(12-10-21)38-19-27-31-29(40-32-27)22-7-5-4-6-8-22/h4-16,20,26H,17-19H2,1-3H3,(H,34,35)/t26-/m0/s1. The second-order valence-corrected chi connectivity index (χ2v) is 9.45. The SMILES string of the molecule is COc1ccc(OC(=O)N(CC(=O)O)[C@@H](CC(C)C)c2ccc(OCc3noc(-c4ccccc4)n3)cc2)cc1. The predicted molar refractivity (Wildman–Crippen MR) is 146 cm³/mol. The van der Waals surface area contributed by atoms with Gasteiger partial charge in [0.25, 0.3) is 5.89 Å². The Morgan fingerprint density at radius 2 is 1.57 bits per heavy atom. The molecule has 4 aromatic rings. The lowest BCUT2D eigenvalue weighted by molar-refractivity contribution is -0.138. The number of carboxylic acid groups (broad SMARTS) is 1. The lowest BCUT2D eigenvalue weighted by atomic mass is 9.95. The number of nitrogens with zero attached hydrogens (tertiary/aromatic N) is 3. The molecule has 208 valence electrons. The van der Waals surface area contributed by atoms with E-state index < -0.39 is 24.6 Å². The molecule has 10 nitrogen and oxygen atoms in total. The van der Waals surface area contributed by atoms with E-state index in [2.05, 4.69) is 10.1 Å². The van der Waals surface area contributed by atoms with Crippen molar-refractivity contribution in [1.29, 1.82) is 0 Å². The van der Waals surface area contributed by atoms with Gasteiger partial charge in [0.2, 0.25) is 5.82 Å². The van der Waals surface area contributed by atoms with Gasteiger partial charge in [0.15, 0.2) is 6.61 Å². The maximum atomic E-state index is 13.2. The van der Waals surface area contributed by atoms with Crippen molar-refractivity contribution >= 4 is 12.1 Å². The average molecular weight is 546 g/mol. The third-order valence-electron chi connectivity index (χ3n) is 6.00. The van der Waals surface area contributed by atoms with Gasteiger partial charge in [-0.1, -0.05) is 49.3 Å². The summed E-state index contributed by atoms with van der Waals surface area (Å²) in [5.41, 5.74) is 1.57. The Hall–Kier alpha value is -4.86. The molecule has 1 atom stereocenters. The first-order valence-electron chi connectivity index (χ1n) is 12.8. The summed E-state index contributed by atoms with van der Waals surface area (Å²) in [5.74, 6) is 1.28. The summed E-state index contributed by atoms with van der Waals surface area (Å²) in [6, 6.07) is 22.5. The highest BCUT2D eigenvalue weighted by Crippen LogP contribution is 2.31. The van der Waals surface area contributed by atoms with Gasteiger partial charge >= 0.3 is 12.1 Å². The zero-order valence-electron chi connectivity index (χ0n) is 22.5. The van der Waals surface area contributed by atoms with E-state index >= 15 is 0 Å². The molecule has 0 saturated heterocycles. The molecule has 0 aliphatic carbocycles. The monoisotopic (exact) mass is 545 g/mol. The normalized spacial score (nSPS) is 11.6. The van der Waals surface area contributed by atoms with Gasteiger partial charge in [-0.2, -0.15) is 4.98 Å². The highest BCUT2D eigenvalue weighted by molar-refractivity contribution is 5.78. The number of carboxylic acids is 1. The minimum Gasteiger partial charge on any atom is -0.497 e. The molecular weight excluding hydrogens is 514 g/mol. The van der Waals surface area contributed by atoms with Crippen LogP contribution >= 0.6 is 0 Å². The lowest BCUT2D eigenvalue weighted by Gasteiger charge is -2.31. The molecule has 1 heterocycles. The van der Waals surface area contributed by atoms with E-state index in [1.165, 1.54) is 12.0 Å². The average Bonchev–Trinajstić information content (AvgIpc) is 3.44. The Morgan fingerprint density at radius 3 is 2.20 bits per heavy atom. The first-order valence-corrected chi connectivity index (χ1v) is 12.8. The van der Waals surface area contributed by atoms with Crippen LogP contribution < -0.4 is 14.2 Å². The molecule has 1 N–H and O–H groups in total. The van der Waals surface area contributed by atoms with Crippen LogP contribution in [0, 0.1) is 5.92 Å². The van der Waals surface area contributed by atoms with Crippen molar-refractivity contribution in [3.05, 3.63) is 90.3 Å². The van der Waals surface area contributed by atoms with E-state index in [0.717, 1.165) is 11.1 Å². The van der Waals surface area contributed by atoms with Crippen LogP contribution in [0.1, 0.15) is 37.7 Å². The third kappa shape index (κ3) is 7.59. The summed E-state index contributed by atoms with van der Waals surface area (Å²) < 4.78 is 21.8. The van der Waals surface area contributed by atoms with Crippen molar-refractivity contribution in [3.8, 4) is 28.7 Å². The van der Waals surface area contributed by atoms with Gasteiger partial charge < -0.3 is 23.8 Å². The van der Waals surface area contributed by atoms with Crippen LogP contribution in [-0.4, -0.2) is 45.9 Å². The molecule has 4 rings (SSSR count). The maximum absolute atomic E-state index is 13.2. The largest absolute Gasteiger partial charge is 0.497 e. The fourth-order valence-corrected chi connectivity index (χ4v) is 4.09. The van der Waals surface area contributed by atoms with E-state index in [0.29, 0.717) is 29.6 Å². The zero-order chi connectivity index (χ0) is 28.5. The van der Waals surface area contributed by atoms with Gasteiger partial charge in [0.05, 0.1) is 13.2 Å². The number of carbonyl (C=O) groups excluding carboxylic acids is 1. The van der Waals surface area contributed by atoms with Gasteiger partial charge in [-0.25, -0.2) is 4.79 Å². The molecule has 0 bridgehead atoms. The molecule has 40 heavy (non-hydrogen) atoms. The molecule has 10 heteroatoms. The highest BCUT2D eigenvalue weighted by Gasteiger charge is 2.30. The molecule has 1 aromatic heterocycles. The van der Waals surface area contributed by atoms with Gasteiger partial charge in [0, 0.05) is 5.56 Å². The van der Waals surface area contributed by atoms with Gasteiger partial charge in [-0.3, -0.25) is 9.69 Å². The molecule has 0 spiro atoms. The minimum atomic E-state index is -1.14. The molecule has 0 radical (unpaired) electrons. The van der Waals surface area contributed by atoms with Crippen LogP contribution in [0.5, 0.6) is 17.2 Å². The van der Waals surface area contributed by atoms with Crippen molar-refractivity contribution in [2.24, 2.45) is 5.92 Å². The Morgan fingerprint density at radius 1 is 0.925 bits per heavy atom. The number of rotatable bonds is 12. The topological polar surface area (TPSA) is 124 Å².